The molecule has 4 rings (SSSR count). The molecule has 1 amide bonds. The second-order valence-corrected chi connectivity index (χ2v) is 9.02. The number of benzene rings is 1. The van der Waals surface area contributed by atoms with Crippen LogP contribution >= 0.6 is 23.1 Å². The molecule has 0 radical (unpaired) electrons. The molecule has 35 heavy (non-hydrogen) atoms. The summed E-state index contributed by atoms with van der Waals surface area (Å²) in [5, 5.41) is 14.2. The summed E-state index contributed by atoms with van der Waals surface area (Å²) in [4.78, 5) is 29.5. The Balaban J connectivity index is 1.50. The SMILES string of the molecule is CCn1c(SCC(=O)Nc2scc(-c3ccc(OC)cc3)c2C(=O)OC)nnc1-c1cccnc1. The number of pyridine rings is 1. The first-order valence-electron chi connectivity index (χ1n) is 10.7. The first kappa shape index (κ1) is 24.4. The van der Waals surface area contributed by atoms with Gasteiger partial charge in [0.05, 0.1) is 20.0 Å². The highest BCUT2D eigenvalue weighted by Gasteiger charge is 2.23. The van der Waals surface area contributed by atoms with E-state index >= 15 is 0 Å². The maximum absolute atomic E-state index is 12.8. The molecule has 0 unspecified atom stereocenters. The summed E-state index contributed by atoms with van der Waals surface area (Å²) in [7, 11) is 2.91. The number of carbonyl (C=O) groups is 2. The average Bonchev–Trinajstić information content (AvgIpc) is 3.51. The normalized spacial score (nSPS) is 10.7. The van der Waals surface area contributed by atoms with Crippen LogP contribution in [0.2, 0.25) is 0 Å². The van der Waals surface area contributed by atoms with Crippen LogP contribution in [-0.2, 0) is 16.1 Å². The maximum Gasteiger partial charge on any atom is 0.341 e. The second kappa shape index (κ2) is 11.2. The number of amides is 1. The topological polar surface area (TPSA) is 108 Å². The van der Waals surface area contributed by atoms with Gasteiger partial charge in [-0.15, -0.1) is 21.5 Å². The van der Waals surface area contributed by atoms with Gasteiger partial charge in [0, 0.05) is 35.4 Å². The quantitative estimate of drug-likeness (QED) is 0.257. The number of nitrogens with one attached hydrogen (secondary N) is 1. The van der Waals surface area contributed by atoms with Crippen molar-refractivity contribution in [1.29, 1.82) is 0 Å². The molecule has 1 N–H and O–H groups in total. The molecule has 9 nitrogen and oxygen atoms in total. The van der Waals surface area contributed by atoms with Gasteiger partial charge in [0.25, 0.3) is 0 Å². The minimum Gasteiger partial charge on any atom is -0.497 e. The highest BCUT2D eigenvalue weighted by molar-refractivity contribution is 7.99. The monoisotopic (exact) mass is 509 g/mol. The average molecular weight is 510 g/mol. The first-order valence-corrected chi connectivity index (χ1v) is 12.5. The Bertz CT molecular complexity index is 1320. The van der Waals surface area contributed by atoms with Gasteiger partial charge in [-0.25, -0.2) is 4.79 Å². The van der Waals surface area contributed by atoms with Gasteiger partial charge in [-0.05, 0) is 36.8 Å². The van der Waals surface area contributed by atoms with Crippen LogP contribution < -0.4 is 10.1 Å². The van der Waals surface area contributed by atoms with Gasteiger partial charge >= 0.3 is 5.97 Å². The second-order valence-electron chi connectivity index (χ2n) is 7.20. The van der Waals surface area contributed by atoms with Crippen LogP contribution in [0, 0.1) is 0 Å². The van der Waals surface area contributed by atoms with Gasteiger partial charge in [0.1, 0.15) is 16.3 Å². The van der Waals surface area contributed by atoms with Crippen molar-refractivity contribution in [3.63, 3.8) is 0 Å². The molecule has 11 heteroatoms. The molecule has 4 aromatic rings. The number of aromatic nitrogens is 4. The van der Waals surface area contributed by atoms with Crippen molar-refractivity contribution in [2.45, 2.75) is 18.6 Å². The smallest absolute Gasteiger partial charge is 0.341 e. The summed E-state index contributed by atoms with van der Waals surface area (Å²) in [6.07, 6.45) is 3.42. The fraction of sp³-hybridized carbons (Fsp3) is 0.208. The van der Waals surface area contributed by atoms with Crippen LogP contribution in [0.4, 0.5) is 5.00 Å². The lowest BCUT2D eigenvalue weighted by molar-refractivity contribution is -0.113. The molecule has 180 valence electrons. The predicted octanol–water partition coefficient (Wildman–Crippen LogP) is 4.61. The number of esters is 1. The molecule has 0 fully saturated rings. The fourth-order valence-electron chi connectivity index (χ4n) is 3.42. The number of methoxy groups -OCH3 is 2. The number of hydrogen-bond donors (Lipinski definition) is 1. The fourth-order valence-corrected chi connectivity index (χ4v) is 5.20. The van der Waals surface area contributed by atoms with Gasteiger partial charge in [-0.3, -0.25) is 9.78 Å². The Hall–Kier alpha value is -3.70. The number of nitrogens with zero attached hydrogens (tertiary/aromatic N) is 4. The van der Waals surface area contributed by atoms with Crippen LogP contribution in [0.25, 0.3) is 22.5 Å². The highest BCUT2D eigenvalue weighted by atomic mass is 32.2. The van der Waals surface area contributed by atoms with E-state index in [1.54, 1.807) is 19.5 Å². The van der Waals surface area contributed by atoms with E-state index in [9.17, 15) is 9.59 Å². The number of thioether (sulfide) groups is 1. The molecule has 0 bridgehead atoms. The van der Waals surface area contributed by atoms with E-state index in [2.05, 4.69) is 20.5 Å². The molecule has 1 aromatic carbocycles. The standard InChI is InChI=1S/C24H23N5O4S2/c1-4-29-21(16-6-5-11-25-12-16)27-28-24(29)35-14-19(30)26-22-20(23(31)33-3)18(13-34-22)15-7-9-17(32-2)10-8-15/h5-13H,4,14H2,1-3H3,(H,26,30). The van der Waals surface area contributed by atoms with Crippen molar-refractivity contribution in [1.82, 2.24) is 19.7 Å². The Morgan fingerprint density at radius 1 is 1.11 bits per heavy atom. The first-order chi connectivity index (χ1) is 17.0. The third kappa shape index (κ3) is 5.36. The third-order valence-corrected chi connectivity index (χ3v) is 6.98. The Kier molecular flexibility index (Phi) is 7.78. The van der Waals surface area contributed by atoms with Crippen LogP contribution in [0.5, 0.6) is 5.75 Å². The molecule has 0 aliphatic heterocycles. The lowest BCUT2D eigenvalue weighted by Crippen LogP contribution is -2.16. The molecular weight excluding hydrogens is 486 g/mol. The highest BCUT2D eigenvalue weighted by Crippen LogP contribution is 2.37. The number of thiophene rings is 1. The molecule has 0 saturated heterocycles. The van der Waals surface area contributed by atoms with Crippen LogP contribution in [0.1, 0.15) is 17.3 Å². The largest absolute Gasteiger partial charge is 0.497 e. The van der Waals surface area contributed by atoms with E-state index in [-0.39, 0.29) is 11.7 Å². The summed E-state index contributed by atoms with van der Waals surface area (Å²) in [5.74, 6) is 0.713. The number of carbonyl (C=O) groups excluding carboxylic acids is 2. The van der Waals surface area contributed by atoms with E-state index in [0.29, 0.717) is 39.4 Å². The van der Waals surface area contributed by atoms with E-state index in [0.717, 1.165) is 11.1 Å². The maximum atomic E-state index is 12.8. The summed E-state index contributed by atoms with van der Waals surface area (Å²) >= 11 is 2.54. The van der Waals surface area contributed by atoms with Gasteiger partial charge in [-0.2, -0.15) is 0 Å². The molecule has 3 heterocycles. The molecule has 0 aliphatic carbocycles. The van der Waals surface area contributed by atoms with Crippen molar-refractivity contribution in [2.75, 3.05) is 25.3 Å². The Morgan fingerprint density at radius 2 is 1.91 bits per heavy atom. The minimum absolute atomic E-state index is 0.0988. The van der Waals surface area contributed by atoms with Gasteiger partial charge in [0.2, 0.25) is 5.91 Å². The Labute approximate surface area is 210 Å². The molecular formula is C24H23N5O4S2. The van der Waals surface area contributed by atoms with E-state index < -0.39 is 5.97 Å². The molecule has 0 spiro atoms. The zero-order valence-electron chi connectivity index (χ0n) is 19.3. The van der Waals surface area contributed by atoms with Crippen LogP contribution in [0.3, 0.4) is 0 Å². The minimum atomic E-state index is -0.521. The van der Waals surface area contributed by atoms with Crippen LogP contribution in [-0.4, -0.2) is 51.6 Å². The zero-order chi connectivity index (χ0) is 24.8. The summed E-state index contributed by atoms with van der Waals surface area (Å²) in [6.45, 7) is 2.63. The number of anilines is 1. The molecule has 0 saturated carbocycles. The lowest BCUT2D eigenvalue weighted by atomic mass is 10.0. The van der Waals surface area contributed by atoms with Crippen molar-refractivity contribution in [2.24, 2.45) is 0 Å². The Morgan fingerprint density at radius 3 is 2.57 bits per heavy atom. The number of rotatable bonds is 9. The molecule has 0 aliphatic rings. The third-order valence-electron chi connectivity index (χ3n) is 5.12. The van der Waals surface area contributed by atoms with Gasteiger partial charge in [0.15, 0.2) is 11.0 Å². The summed E-state index contributed by atoms with van der Waals surface area (Å²) in [6, 6.07) is 11.1. The van der Waals surface area contributed by atoms with Crippen molar-refractivity contribution in [3.8, 4) is 28.3 Å². The van der Waals surface area contributed by atoms with Crippen LogP contribution in [0.15, 0.2) is 59.3 Å². The lowest BCUT2D eigenvalue weighted by Gasteiger charge is -2.09. The summed E-state index contributed by atoms with van der Waals surface area (Å²) < 4.78 is 12.1. The van der Waals surface area contributed by atoms with Crippen molar-refractivity contribution in [3.05, 3.63) is 59.7 Å². The predicted molar refractivity (Wildman–Crippen MR) is 136 cm³/mol. The molecule has 0 atom stereocenters. The van der Waals surface area contributed by atoms with E-state index in [1.807, 2.05) is 53.3 Å². The van der Waals surface area contributed by atoms with E-state index in [4.69, 9.17) is 9.47 Å². The van der Waals surface area contributed by atoms with Gasteiger partial charge in [-0.1, -0.05) is 23.9 Å². The van der Waals surface area contributed by atoms with E-state index in [1.165, 1.54) is 30.2 Å². The van der Waals surface area contributed by atoms with Crippen molar-refractivity contribution < 1.29 is 19.1 Å². The summed E-state index contributed by atoms with van der Waals surface area (Å²) in [5.41, 5.74) is 2.66. The number of ether oxygens (including phenoxy) is 2. The molecule has 3 aromatic heterocycles. The van der Waals surface area contributed by atoms with Gasteiger partial charge < -0.3 is 19.4 Å². The zero-order valence-corrected chi connectivity index (χ0v) is 21.0. The van der Waals surface area contributed by atoms with Crippen molar-refractivity contribution >= 4 is 40.0 Å². The number of hydrogen-bond acceptors (Lipinski definition) is 9.